The Morgan fingerprint density at radius 2 is 2.00 bits per heavy atom. The van der Waals surface area contributed by atoms with Gasteiger partial charge in [-0.2, -0.15) is 0 Å². The summed E-state index contributed by atoms with van der Waals surface area (Å²) >= 11 is 6.25. The number of hydrogen-bond donors (Lipinski definition) is 2. The molecule has 3 aromatic rings. The molecule has 7 nitrogen and oxygen atoms in total. The molecule has 0 spiro atoms. The lowest BCUT2D eigenvalue weighted by Crippen LogP contribution is -2.18. The van der Waals surface area contributed by atoms with Crippen LogP contribution >= 0.6 is 11.6 Å². The van der Waals surface area contributed by atoms with E-state index in [-0.39, 0.29) is 11.8 Å². The van der Waals surface area contributed by atoms with E-state index in [4.69, 9.17) is 21.1 Å². The molecule has 0 aliphatic carbocycles. The van der Waals surface area contributed by atoms with Crippen LogP contribution in [0.4, 0.5) is 11.5 Å². The van der Waals surface area contributed by atoms with Gasteiger partial charge in [0.1, 0.15) is 23.6 Å². The highest BCUT2D eigenvalue weighted by atomic mass is 35.5. The molecule has 2 N–H and O–H groups in total. The molecule has 168 valence electrons. The lowest BCUT2D eigenvalue weighted by atomic mass is 10.0. The Morgan fingerprint density at radius 1 is 1.22 bits per heavy atom. The molecule has 0 fully saturated rings. The van der Waals surface area contributed by atoms with Gasteiger partial charge in [-0.1, -0.05) is 37.6 Å². The Balaban J connectivity index is 2.05. The number of amides is 1. The number of halogens is 1. The number of carbonyl (C=O) groups is 1. The van der Waals surface area contributed by atoms with Crippen molar-refractivity contribution in [3.8, 4) is 11.5 Å². The van der Waals surface area contributed by atoms with E-state index in [1.807, 2.05) is 38.1 Å². The number of carbonyl (C=O) groups excluding carboxylic acids is 1. The van der Waals surface area contributed by atoms with Crippen molar-refractivity contribution in [2.24, 2.45) is 5.92 Å². The summed E-state index contributed by atoms with van der Waals surface area (Å²) in [7, 11) is 3.16. The number of nitrogens with one attached hydrogen (secondary N) is 2. The summed E-state index contributed by atoms with van der Waals surface area (Å²) in [6.07, 6.45) is 3.81. The summed E-state index contributed by atoms with van der Waals surface area (Å²) < 4.78 is 10.9. The van der Waals surface area contributed by atoms with E-state index in [9.17, 15) is 4.79 Å². The molecule has 3 rings (SSSR count). The average Bonchev–Trinajstić information content (AvgIpc) is 2.78. The quantitative estimate of drug-likeness (QED) is 0.430. The third-order valence-corrected chi connectivity index (χ3v) is 5.28. The molecule has 0 aliphatic rings. The topological polar surface area (TPSA) is 85.4 Å². The maximum Gasteiger partial charge on any atom is 0.227 e. The maximum absolute atomic E-state index is 12.4. The van der Waals surface area contributed by atoms with Gasteiger partial charge in [0, 0.05) is 23.4 Å². The zero-order valence-corrected chi connectivity index (χ0v) is 19.4. The highest BCUT2D eigenvalue weighted by Gasteiger charge is 2.19. The van der Waals surface area contributed by atoms with Gasteiger partial charge in [0.05, 0.1) is 30.4 Å². The molecule has 1 heterocycles. The highest BCUT2D eigenvalue weighted by Crippen LogP contribution is 2.38. The summed E-state index contributed by atoms with van der Waals surface area (Å²) in [5.41, 5.74) is 3.10. The van der Waals surface area contributed by atoms with Crippen molar-refractivity contribution in [3.05, 3.63) is 59.4 Å². The number of hydrogen-bond acceptors (Lipinski definition) is 6. The first-order valence-electron chi connectivity index (χ1n) is 10.2. The van der Waals surface area contributed by atoms with Crippen molar-refractivity contribution in [1.29, 1.82) is 0 Å². The first-order valence-corrected chi connectivity index (χ1v) is 10.6. The molecule has 1 amide bonds. The number of benzene rings is 2. The van der Waals surface area contributed by atoms with Crippen LogP contribution in [0.1, 0.15) is 25.0 Å². The number of aromatic nitrogens is 2. The third kappa shape index (κ3) is 4.94. The van der Waals surface area contributed by atoms with Gasteiger partial charge in [0.25, 0.3) is 0 Å². The molecule has 0 bridgehead atoms. The summed E-state index contributed by atoms with van der Waals surface area (Å²) in [4.78, 5) is 21.3. The number of rotatable bonds is 9. The molecule has 0 radical (unpaired) electrons. The van der Waals surface area contributed by atoms with Gasteiger partial charge < -0.3 is 20.1 Å². The summed E-state index contributed by atoms with van der Waals surface area (Å²) in [6, 6.07) is 7.44. The second-order valence-electron chi connectivity index (χ2n) is 7.51. The minimum atomic E-state index is -0.178. The van der Waals surface area contributed by atoms with Crippen LogP contribution in [0.2, 0.25) is 5.02 Å². The SMILES string of the molecule is C=CCc1c(OC)c(NC(=O)C(C)C)cc2c(NCc3ccc(OC)c(Cl)c3)ncnc12. The van der Waals surface area contributed by atoms with E-state index in [1.165, 1.54) is 6.33 Å². The molecule has 0 aliphatic heterocycles. The Bertz CT molecular complexity index is 1150. The second-order valence-corrected chi connectivity index (χ2v) is 7.92. The van der Waals surface area contributed by atoms with E-state index in [0.717, 1.165) is 22.0 Å². The Morgan fingerprint density at radius 3 is 2.62 bits per heavy atom. The fraction of sp³-hybridized carbons (Fsp3) is 0.292. The van der Waals surface area contributed by atoms with Crippen molar-refractivity contribution in [3.63, 3.8) is 0 Å². The number of methoxy groups -OCH3 is 2. The molecule has 0 unspecified atom stereocenters. The second kappa shape index (κ2) is 10.3. The number of ether oxygens (including phenoxy) is 2. The Kier molecular flexibility index (Phi) is 7.53. The summed E-state index contributed by atoms with van der Waals surface area (Å²) in [6.45, 7) is 8.02. The fourth-order valence-electron chi connectivity index (χ4n) is 3.34. The van der Waals surface area contributed by atoms with Crippen molar-refractivity contribution < 1.29 is 14.3 Å². The van der Waals surface area contributed by atoms with Crippen molar-refractivity contribution in [2.45, 2.75) is 26.8 Å². The van der Waals surface area contributed by atoms with E-state index >= 15 is 0 Å². The van der Waals surface area contributed by atoms with Crippen LogP contribution < -0.4 is 20.1 Å². The standard InChI is InChI=1S/C24H27ClN4O3/c1-6-7-16-21-17(11-19(22(16)32-5)29-24(30)14(2)3)23(28-13-27-21)26-12-15-8-9-20(31-4)18(25)10-15/h6,8-11,13-14H,1,7,12H2,2-5H3,(H,29,30)(H,26,27,28). The zero-order valence-electron chi connectivity index (χ0n) is 18.7. The molecular formula is C24H27ClN4O3. The minimum Gasteiger partial charge on any atom is -0.495 e. The fourth-order valence-corrected chi connectivity index (χ4v) is 3.62. The van der Waals surface area contributed by atoms with Gasteiger partial charge in [-0.3, -0.25) is 4.79 Å². The molecule has 32 heavy (non-hydrogen) atoms. The largest absolute Gasteiger partial charge is 0.495 e. The summed E-state index contributed by atoms with van der Waals surface area (Å²) in [5, 5.41) is 7.61. The lowest BCUT2D eigenvalue weighted by molar-refractivity contribution is -0.118. The van der Waals surface area contributed by atoms with E-state index in [2.05, 4.69) is 27.2 Å². The third-order valence-electron chi connectivity index (χ3n) is 4.99. The first kappa shape index (κ1) is 23.3. The number of nitrogens with zero attached hydrogens (tertiary/aromatic N) is 2. The summed E-state index contributed by atoms with van der Waals surface area (Å²) in [5.74, 6) is 1.54. The zero-order chi connectivity index (χ0) is 23.3. The lowest BCUT2D eigenvalue weighted by Gasteiger charge is -2.18. The van der Waals surface area contributed by atoms with Crippen molar-refractivity contribution >= 4 is 39.9 Å². The predicted molar refractivity (Wildman–Crippen MR) is 129 cm³/mol. The van der Waals surface area contributed by atoms with Crippen LogP contribution in [-0.2, 0) is 17.8 Å². The van der Waals surface area contributed by atoms with E-state index in [1.54, 1.807) is 20.3 Å². The van der Waals surface area contributed by atoms with E-state index in [0.29, 0.717) is 41.0 Å². The first-order chi connectivity index (χ1) is 15.4. The molecule has 0 saturated heterocycles. The Hall–Kier alpha value is -3.32. The van der Waals surface area contributed by atoms with Crippen LogP contribution in [0.3, 0.4) is 0 Å². The van der Waals surface area contributed by atoms with Gasteiger partial charge in [-0.25, -0.2) is 9.97 Å². The highest BCUT2D eigenvalue weighted by molar-refractivity contribution is 6.32. The monoisotopic (exact) mass is 454 g/mol. The van der Waals surface area contributed by atoms with Crippen LogP contribution in [0, 0.1) is 5.92 Å². The van der Waals surface area contributed by atoms with Crippen LogP contribution in [0.15, 0.2) is 43.2 Å². The van der Waals surface area contributed by atoms with Crippen LogP contribution in [0.25, 0.3) is 10.9 Å². The van der Waals surface area contributed by atoms with Gasteiger partial charge in [-0.15, -0.1) is 6.58 Å². The smallest absolute Gasteiger partial charge is 0.227 e. The molecule has 0 saturated carbocycles. The van der Waals surface area contributed by atoms with E-state index < -0.39 is 0 Å². The number of allylic oxidation sites excluding steroid dienone is 1. The number of anilines is 2. The van der Waals surface area contributed by atoms with Gasteiger partial charge in [0.15, 0.2) is 0 Å². The normalized spacial score (nSPS) is 10.8. The molecule has 2 aromatic carbocycles. The van der Waals surface area contributed by atoms with Gasteiger partial charge in [-0.05, 0) is 30.2 Å². The minimum absolute atomic E-state index is 0.105. The number of fused-ring (bicyclic) bond motifs is 1. The van der Waals surface area contributed by atoms with Gasteiger partial charge in [0.2, 0.25) is 5.91 Å². The molecule has 1 aromatic heterocycles. The predicted octanol–water partition coefficient (Wildman–Crippen LogP) is 5.24. The molecule has 0 atom stereocenters. The van der Waals surface area contributed by atoms with Crippen LogP contribution in [0.5, 0.6) is 11.5 Å². The van der Waals surface area contributed by atoms with Crippen LogP contribution in [-0.4, -0.2) is 30.1 Å². The molecule has 8 heteroatoms. The molecular weight excluding hydrogens is 428 g/mol. The maximum atomic E-state index is 12.4. The van der Waals surface area contributed by atoms with Gasteiger partial charge >= 0.3 is 0 Å². The van der Waals surface area contributed by atoms with Crippen molar-refractivity contribution in [1.82, 2.24) is 9.97 Å². The van der Waals surface area contributed by atoms with Crippen molar-refractivity contribution in [2.75, 3.05) is 24.9 Å². The Labute approximate surface area is 192 Å². The average molecular weight is 455 g/mol.